The Morgan fingerprint density at radius 2 is 2.31 bits per heavy atom. The van der Waals surface area contributed by atoms with Crippen LogP contribution in [0.1, 0.15) is 25.5 Å². The third kappa shape index (κ3) is 3.53. The summed E-state index contributed by atoms with van der Waals surface area (Å²) in [4.78, 5) is 3.95. The lowest BCUT2D eigenvalue weighted by Gasteiger charge is -2.13. The van der Waals surface area contributed by atoms with Crippen LogP contribution in [0.2, 0.25) is 0 Å². The number of nitrogens with one attached hydrogen (secondary N) is 1. The Bertz CT molecular complexity index is 236. The van der Waals surface area contributed by atoms with Gasteiger partial charge in [0.1, 0.15) is 0 Å². The largest absolute Gasteiger partial charge is 0.387 e. The second-order valence-electron chi connectivity index (χ2n) is 3.37. The van der Waals surface area contributed by atoms with Gasteiger partial charge in [0.25, 0.3) is 0 Å². The Labute approximate surface area is 78.8 Å². The molecule has 0 amide bonds. The van der Waals surface area contributed by atoms with E-state index in [-0.39, 0.29) is 0 Å². The summed E-state index contributed by atoms with van der Waals surface area (Å²) >= 11 is 0. The number of pyridine rings is 1. The summed E-state index contributed by atoms with van der Waals surface area (Å²) in [7, 11) is 0. The molecular weight excluding hydrogens is 164 g/mol. The van der Waals surface area contributed by atoms with Crippen LogP contribution >= 0.6 is 0 Å². The van der Waals surface area contributed by atoms with E-state index < -0.39 is 6.10 Å². The van der Waals surface area contributed by atoms with Crippen molar-refractivity contribution in [2.45, 2.75) is 26.0 Å². The van der Waals surface area contributed by atoms with Gasteiger partial charge >= 0.3 is 0 Å². The molecule has 0 unspecified atom stereocenters. The zero-order valence-electron chi connectivity index (χ0n) is 8.07. The molecule has 1 heterocycles. The predicted molar refractivity (Wildman–Crippen MR) is 52.3 cm³/mol. The van der Waals surface area contributed by atoms with Crippen LogP contribution in [-0.2, 0) is 0 Å². The predicted octanol–water partition coefficient (Wildman–Crippen LogP) is 1.11. The number of rotatable bonds is 4. The van der Waals surface area contributed by atoms with Crippen molar-refractivity contribution in [3.8, 4) is 0 Å². The van der Waals surface area contributed by atoms with Crippen LogP contribution in [0, 0.1) is 0 Å². The third-order valence-electron chi connectivity index (χ3n) is 1.79. The maximum Gasteiger partial charge on any atom is 0.0929 e. The van der Waals surface area contributed by atoms with Gasteiger partial charge < -0.3 is 10.4 Å². The van der Waals surface area contributed by atoms with Gasteiger partial charge in [-0.3, -0.25) is 4.98 Å². The van der Waals surface area contributed by atoms with Gasteiger partial charge in [0, 0.05) is 30.5 Å². The Kier molecular flexibility index (Phi) is 3.86. The van der Waals surface area contributed by atoms with Crippen LogP contribution in [0.4, 0.5) is 0 Å². The van der Waals surface area contributed by atoms with Gasteiger partial charge in [0.05, 0.1) is 6.10 Å². The minimum Gasteiger partial charge on any atom is -0.387 e. The highest BCUT2D eigenvalue weighted by Gasteiger charge is 2.06. The fourth-order valence-corrected chi connectivity index (χ4v) is 1.04. The first-order valence-corrected chi connectivity index (χ1v) is 4.51. The molecule has 0 aromatic carbocycles. The molecule has 0 aliphatic heterocycles. The van der Waals surface area contributed by atoms with E-state index in [2.05, 4.69) is 24.1 Å². The molecule has 13 heavy (non-hydrogen) atoms. The highest BCUT2D eigenvalue weighted by molar-refractivity contribution is 5.11. The van der Waals surface area contributed by atoms with Crippen molar-refractivity contribution in [3.63, 3.8) is 0 Å². The second kappa shape index (κ2) is 4.94. The lowest BCUT2D eigenvalue weighted by molar-refractivity contribution is 0.171. The van der Waals surface area contributed by atoms with Crippen molar-refractivity contribution in [1.29, 1.82) is 0 Å². The maximum absolute atomic E-state index is 9.67. The Morgan fingerprint density at radius 3 is 2.85 bits per heavy atom. The first-order valence-electron chi connectivity index (χ1n) is 4.51. The van der Waals surface area contributed by atoms with Crippen molar-refractivity contribution >= 4 is 0 Å². The zero-order valence-corrected chi connectivity index (χ0v) is 8.07. The van der Waals surface area contributed by atoms with E-state index in [1.165, 1.54) is 0 Å². The molecule has 0 saturated carbocycles. The fourth-order valence-electron chi connectivity index (χ4n) is 1.04. The molecule has 0 spiro atoms. The summed E-state index contributed by atoms with van der Waals surface area (Å²) < 4.78 is 0. The van der Waals surface area contributed by atoms with Gasteiger partial charge in [-0.05, 0) is 6.07 Å². The molecule has 1 atom stereocenters. The highest BCUT2D eigenvalue weighted by atomic mass is 16.3. The maximum atomic E-state index is 9.67. The first kappa shape index (κ1) is 10.2. The molecular formula is C10H16N2O. The first-order chi connectivity index (χ1) is 6.20. The van der Waals surface area contributed by atoms with E-state index >= 15 is 0 Å². The van der Waals surface area contributed by atoms with Gasteiger partial charge in [-0.25, -0.2) is 0 Å². The molecule has 3 nitrogen and oxygen atoms in total. The van der Waals surface area contributed by atoms with Crippen LogP contribution in [-0.4, -0.2) is 22.7 Å². The van der Waals surface area contributed by atoms with Crippen molar-refractivity contribution in [1.82, 2.24) is 10.3 Å². The van der Waals surface area contributed by atoms with Crippen molar-refractivity contribution in [2.24, 2.45) is 0 Å². The highest BCUT2D eigenvalue weighted by Crippen LogP contribution is 2.08. The fraction of sp³-hybridized carbons (Fsp3) is 0.500. The molecule has 0 radical (unpaired) electrons. The second-order valence-corrected chi connectivity index (χ2v) is 3.37. The van der Waals surface area contributed by atoms with E-state index in [1.54, 1.807) is 12.4 Å². The number of aliphatic hydroxyl groups excluding tert-OH is 1. The lowest BCUT2D eigenvalue weighted by atomic mass is 10.1. The Hall–Kier alpha value is -0.930. The normalized spacial score (nSPS) is 13.2. The Balaban J connectivity index is 2.44. The lowest BCUT2D eigenvalue weighted by Crippen LogP contribution is -2.27. The van der Waals surface area contributed by atoms with Crippen LogP contribution in [0.25, 0.3) is 0 Å². The van der Waals surface area contributed by atoms with Crippen molar-refractivity contribution < 1.29 is 5.11 Å². The monoisotopic (exact) mass is 180 g/mol. The standard InChI is InChI=1S/C10H16N2O/c1-8(2)12-7-10(13)9-4-3-5-11-6-9/h3-6,8,10,12-13H,7H2,1-2H3/t10-/m0/s1. The van der Waals surface area contributed by atoms with Crippen LogP contribution in [0.5, 0.6) is 0 Å². The third-order valence-corrected chi connectivity index (χ3v) is 1.79. The van der Waals surface area contributed by atoms with E-state index in [9.17, 15) is 5.11 Å². The van der Waals surface area contributed by atoms with Gasteiger partial charge in [-0.15, -0.1) is 0 Å². The van der Waals surface area contributed by atoms with E-state index in [0.29, 0.717) is 12.6 Å². The van der Waals surface area contributed by atoms with Gasteiger partial charge in [-0.2, -0.15) is 0 Å². The number of hydrogen-bond acceptors (Lipinski definition) is 3. The molecule has 0 aliphatic carbocycles. The van der Waals surface area contributed by atoms with E-state index in [1.807, 2.05) is 12.1 Å². The number of nitrogens with zero attached hydrogens (tertiary/aromatic N) is 1. The average Bonchev–Trinajstić information content (AvgIpc) is 2.15. The summed E-state index contributed by atoms with van der Waals surface area (Å²) in [6.07, 6.45) is 2.93. The molecule has 0 bridgehead atoms. The number of hydrogen-bond donors (Lipinski definition) is 2. The molecule has 72 valence electrons. The SMILES string of the molecule is CC(C)NC[C@H](O)c1cccnc1. The minimum atomic E-state index is -0.462. The number of aromatic nitrogens is 1. The average molecular weight is 180 g/mol. The van der Waals surface area contributed by atoms with Crippen LogP contribution in [0.3, 0.4) is 0 Å². The molecule has 0 aliphatic rings. The summed E-state index contributed by atoms with van der Waals surface area (Å²) in [5.41, 5.74) is 0.857. The molecule has 2 N–H and O–H groups in total. The molecule has 1 rings (SSSR count). The van der Waals surface area contributed by atoms with Crippen molar-refractivity contribution in [3.05, 3.63) is 30.1 Å². The van der Waals surface area contributed by atoms with Crippen LogP contribution in [0.15, 0.2) is 24.5 Å². The summed E-state index contributed by atoms with van der Waals surface area (Å²) in [6, 6.07) is 4.10. The summed E-state index contributed by atoms with van der Waals surface area (Å²) in [5.74, 6) is 0. The molecule has 3 heteroatoms. The van der Waals surface area contributed by atoms with Gasteiger partial charge in [-0.1, -0.05) is 19.9 Å². The molecule has 0 saturated heterocycles. The van der Waals surface area contributed by atoms with Crippen LogP contribution < -0.4 is 5.32 Å². The zero-order chi connectivity index (χ0) is 9.68. The summed E-state index contributed by atoms with van der Waals surface area (Å²) in [6.45, 7) is 4.68. The Morgan fingerprint density at radius 1 is 1.54 bits per heavy atom. The van der Waals surface area contributed by atoms with E-state index in [4.69, 9.17) is 0 Å². The summed E-state index contributed by atoms with van der Waals surface area (Å²) in [5, 5.41) is 12.8. The van der Waals surface area contributed by atoms with E-state index in [0.717, 1.165) is 5.56 Å². The topological polar surface area (TPSA) is 45.1 Å². The number of aliphatic hydroxyl groups is 1. The van der Waals surface area contributed by atoms with Gasteiger partial charge in [0.15, 0.2) is 0 Å². The van der Waals surface area contributed by atoms with Gasteiger partial charge in [0.2, 0.25) is 0 Å². The molecule has 1 aromatic heterocycles. The quantitative estimate of drug-likeness (QED) is 0.729. The molecule has 1 aromatic rings. The minimum absolute atomic E-state index is 0.395. The molecule has 0 fully saturated rings. The smallest absolute Gasteiger partial charge is 0.0929 e. The van der Waals surface area contributed by atoms with Crippen molar-refractivity contribution in [2.75, 3.05) is 6.54 Å².